The number of aliphatic hydroxyl groups excluding tert-OH is 2. The molecular weight excluding hydrogens is 463 g/mol. The number of methoxy groups -OCH3 is 1. The highest BCUT2D eigenvalue weighted by Crippen LogP contribution is 2.24. The van der Waals surface area contributed by atoms with Crippen LogP contribution in [0.2, 0.25) is 0 Å². The van der Waals surface area contributed by atoms with Gasteiger partial charge in [0.2, 0.25) is 5.91 Å². The largest absolute Gasteiger partial charge is 0.507 e. The minimum atomic E-state index is -0.907. The maximum Gasteiger partial charge on any atom is 0.220 e. The first kappa shape index (κ1) is 27.4. The van der Waals surface area contributed by atoms with Crippen molar-refractivity contribution in [2.75, 3.05) is 26.7 Å². The summed E-state index contributed by atoms with van der Waals surface area (Å²) in [5.74, 6) is 0.781. The third-order valence-corrected chi connectivity index (χ3v) is 7.15. The van der Waals surface area contributed by atoms with E-state index in [0.717, 1.165) is 56.5 Å². The monoisotopic (exact) mass is 502 g/mol. The Kier molecular flexibility index (Phi) is 10.8. The molecule has 1 aliphatic heterocycles. The van der Waals surface area contributed by atoms with Crippen molar-refractivity contribution in [1.29, 1.82) is 0 Å². The summed E-state index contributed by atoms with van der Waals surface area (Å²) in [5, 5.41) is 35.1. The van der Waals surface area contributed by atoms with E-state index in [-0.39, 0.29) is 11.7 Å². The van der Waals surface area contributed by atoms with Gasteiger partial charge in [0.05, 0.1) is 19.3 Å². The lowest BCUT2D eigenvalue weighted by Crippen LogP contribution is -2.46. The van der Waals surface area contributed by atoms with Crippen LogP contribution in [0.15, 0.2) is 42.5 Å². The fourth-order valence-electron chi connectivity index (χ4n) is 4.52. The van der Waals surface area contributed by atoms with E-state index >= 15 is 0 Å². The number of hydrogen-bond donors (Lipinski definition) is 4. The number of carbonyl (C=O) groups is 1. The number of nitrogens with one attached hydrogen (secondary N) is 1. The second-order valence-electron chi connectivity index (χ2n) is 9.33. The summed E-state index contributed by atoms with van der Waals surface area (Å²) in [6, 6.07) is 12.1. The van der Waals surface area contributed by atoms with Crippen molar-refractivity contribution in [3.05, 3.63) is 53.6 Å². The Labute approximate surface area is 210 Å². The average Bonchev–Trinajstić information content (AvgIpc) is 3.37. The molecule has 2 aromatic rings. The normalized spacial score (nSPS) is 16.6. The number of unbranched alkanes of at least 4 members (excludes halogenated alkanes) is 2. The fraction of sp³-hybridized carbons (Fsp3) is 0.519. The number of hydrogen-bond acceptors (Lipinski definition) is 6. The molecule has 1 aliphatic rings. The molecule has 0 saturated carbocycles. The summed E-state index contributed by atoms with van der Waals surface area (Å²) in [7, 11) is 4.07. The van der Waals surface area contributed by atoms with Crippen molar-refractivity contribution in [1.82, 2.24) is 10.2 Å². The van der Waals surface area contributed by atoms with Gasteiger partial charge in [-0.15, -0.1) is 9.24 Å². The molecule has 4 atom stereocenters. The molecule has 3 rings (SSSR count). The van der Waals surface area contributed by atoms with Gasteiger partial charge in [0.25, 0.3) is 0 Å². The second kappa shape index (κ2) is 13.8. The zero-order valence-electron chi connectivity index (χ0n) is 20.5. The molecule has 8 heteroatoms. The van der Waals surface area contributed by atoms with E-state index in [1.165, 1.54) is 0 Å². The maximum absolute atomic E-state index is 12.7. The molecule has 35 heavy (non-hydrogen) atoms. The first-order chi connectivity index (χ1) is 16.9. The number of aliphatic hydroxyl groups is 2. The third-order valence-electron chi connectivity index (χ3n) is 6.66. The molecule has 0 aromatic heterocycles. The molecule has 2 aromatic carbocycles. The van der Waals surface area contributed by atoms with Crippen LogP contribution >= 0.6 is 9.24 Å². The van der Waals surface area contributed by atoms with Crippen molar-refractivity contribution in [2.24, 2.45) is 0 Å². The number of phenols is 1. The van der Waals surface area contributed by atoms with Gasteiger partial charge in [-0.2, -0.15) is 0 Å². The molecular formula is C27H39N2O5P. The molecule has 0 aliphatic carbocycles. The van der Waals surface area contributed by atoms with Gasteiger partial charge >= 0.3 is 0 Å². The Hall–Kier alpha value is -2.18. The van der Waals surface area contributed by atoms with Gasteiger partial charge < -0.3 is 30.3 Å². The van der Waals surface area contributed by atoms with Crippen molar-refractivity contribution < 1.29 is 24.9 Å². The lowest BCUT2D eigenvalue weighted by Gasteiger charge is -2.29. The summed E-state index contributed by atoms with van der Waals surface area (Å²) in [4.78, 5) is 15.0. The zero-order chi connectivity index (χ0) is 25.2. The van der Waals surface area contributed by atoms with E-state index in [4.69, 9.17) is 4.74 Å². The summed E-state index contributed by atoms with van der Waals surface area (Å²) in [5.41, 5.74) is 1.45. The van der Waals surface area contributed by atoms with Crippen molar-refractivity contribution in [3.8, 4) is 11.5 Å². The summed E-state index contributed by atoms with van der Waals surface area (Å²) < 4.78 is 5.15. The summed E-state index contributed by atoms with van der Waals surface area (Å²) in [6.07, 6.45) is 4.20. The molecule has 1 heterocycles. The van der Waals surface area contributed by atoms with Gasteiger partial charge in [-0.05, 0) is 68.1 Å². The quantitative estimate of drug-likeness (QED) is 0.248. The Morgan fingerprint density at radius 3 is 2.40 bits per heavy atom. The molecule has 1 saturated heterocycles. The smallest absolute Gasteiger partial charge is 0.220 e. The molecule has 0 radical (unpaired) electrons. The molecule has 7 nitrogen and oxygen atoms in total. The minimum absolute atomic E-state index is 0.0872. The highest BCUT2D eigenvalue weighted by atomic mass is 31.0. The van der Waals surface area contributed by atoms with Crippen LogP contribution in [-0.4, -0.2) is 58.9 Å². The van der Waals surface area contributed by atoms with E-state index in [1.54, 1.807) is 25.3 Å². The van der Waals surface area contributed by atoms with Gasteiger partial charge in [0.1, 0.15) is 17.6 Å². The molecule has 1 amide bonds. The van der Waals surface area contributed by atoms with Gasteiger partial charge in [0, 0.05) is 18.3 Å². The first-order valence-electron chi connectivity index (χ1n) is 12.5. The zero-order valence-corrected chi connectivity index (χ0v) is 21.7. The lowest BCUT2D eigenvalue weighted by atomic mass is 10.0. The fourth-order valence-corrected chi connectivity index (χ4v) is 4.70. The Morgan fingerprint density at radius 1 is 1.06 bits per heavy atom. The average molecular weight is 503 g/mol. The molecule has 0 spiro atoms. The predicted octanol–water partition coefficient (Wildman–Crippen LogP) is 3.20. The van der Waals surface area contributed by atoms with Crippen LogP contribution < -0.4 is 15.4 Å². The van der Waals surface area contributed by atoms with Crippen LogP contribution in [0.5, 0.6) is 11.5 Å². The van der Waals surface area contributed by atoms with Crippen LogP contribution in [0.25, 0.3) is 0 Å². The number of ether oxygens (including phenoxy) is 1. The summed E-state index contributed by atoms with van der Waals surface area (Å²) >= 11 is 0. The van der Waals surface area contributed by atoms with Gasteiger partial charge in [-0.25, -0.2) is 0 Å². The van der Waals surface area contributed by atoms with Gasteiger partial charge in [-0.3, -0.25) is 4.79 Å². The number of aromatic hydroxyl groups is 1. The predicted molar refractivity (Wildman–Crippen MR) is 141 cm³/mol. The van der Waals surface area contributed by atoms with Crippen LogP contribution in [0.4, 0.5) is 0 Å². The number of nitrogens with zero attached hydrogens (tertiary/aromatic N) is 1. The van der Waals surface area contributed by atoms with E-state index in [0.29, 0.717) is 30.3 Å². The highest BCUT2D eigenvalue weighted by Gasteiger charge is 2.27. The molecule has 4 N–H and O–H groups in total. The van der Waals surface area contributed by atoms with E-state index in [1.807, 2.05) is 24.3 Å². The molecule has 192 valence electrons. The number of phenolic OH excluding ortho intramolecular Hbond substituents is 1. The second-order valence-corrected chi connectivity index (χ2v) is 9.96. The molecule has 1 fully saturated rings. The Bertz CT molecular complexity index is 934. The Balaban J connectivity index is 1.46. The number of benzene rings is 2. The van der Waals surface area contributed by atoms with E-state index < -0.39 is 18.2 Å². The van der Waals surface area contributed by atoms with Crippen LogP contribution in [0, 0.1) is 0 Å². The highest BCUT2D eigenvalue weighted by molar-refractivity contribution is 7.27. The number of amides is 1. The standard InChI is InChI=1S/C27H39N2O5P/c1-34-21-12-9-19(10-13-21)23(30)7-3-2-4-8-26(32)28-22(18-29-15-5-6-16-29)27(33)20-11-14-25(35)24(31)17-20/h9-14,17,22-23,27,30-31,33H,2-8,15-16,18,35H2,1H3,(H,28,32)/t22-,23?,27-/m1/s1. The first-order valence-corrected chi connectivity index (χ1v) is 13.1. The van der Waals surface area contributed by atoms with Crippen molar-refractivity contribution in [3.63, 3.8) is 0 Å². The van der Waals surface area contributed by atoms with Crippen LogP contribution in [0.3, 0.4) is 0 Å². The third kappa shape index (κ3) is 8.46. The Morgan fingerprint density at radius 2 is 1.74 bits per heavy atom. The maximum atomic E-state index is 12.7. The molecule has 0 bridgehead atoms. The SMILES string of the molecule is COc1ccc(C(O)CCCCCC(=O)N[C@H](CN2CCCC2)[C@H](O)c2ccc(P)c(O)c2)cc1. The van der Waals surface area contributed by atoms with E-state index in [2.05, 4.69) is 19.5 Å². The minimum Gasteiger partial charge on any atom is -0.507 e. The van der Waals surface area contributed by atoms with Gasteiger partial charge in [0.15, 0.2) is 0 Å². The number of carbonyl (C=O) groups excluding carboxylic acids is 1. The van der Waals surface area contributed by atoms with Crippen molar-refractivity contribution in [2.45, 2.75) is 63.2 Å². The van der Waals surface area contributed by atoms with E-state index in [9.17, 15) is 20.1 Å². The lowest BCUT2D eigenvalue weighted by molar-refractivity contribution is -0.123. The van der Waals surface area contributed by atoms with Crippen molar-refractivity contribution >= 4 is 20.5 Å². The van der Waals surface area contributed by atoms with Crippen LogP contribution in [-0.2, 0) is 4.79 Å². The van der Waals surface area contributed by atoms with Crippen LogP contribution in [0.1, 0.15) is 68.3 Å². The van der Waals surface area contributed by atoms with Gasteiger partial charge in [-0.1, -0.05) is 37.1 Å². The summed E-state index contributed by atoms with van der Waals surface area (Å²) in [6.45, 7) is 2.50. The number of likely N-dealkylation sites (tertiary alicyclic amines) is 1. The molecule has 2 unspecified atom stereocenters. The topological polar surface area (TPSA) is 102 Å². The number of rotatable bonds is 13.